The monoisotopic (exact) mass is 347 g/mol. The second kappa shape index (κ2) is 6.79. The Balaban J connectivity index is 2.48. The van der Waals surface area contributed by atoms with Crippen LogP contribution in [0.5, 0.6) is 0 Å². The molecular formula is C16H17N3O4S. The van der Waals surface area contributed by atoms with Gasteiger partial charge < -0.3 is 4.90 Å². The van der Waals surface area contributed by atoms with Crippen LogP contribution in [0, 0.1) is 17.0 Å². The lowest BCUT2D eigenvalue weighted by Crippen LogP contribution is -2.24. The summed E-state index contributed by atoms with van der Waals surface area (Å²) in [6.45, 7) is 1.86. The Morgan fingerprint density at radius 1 is 1.04 bits per heavy atom. The Morgan fingerprint density at radius 2 is 1.58 bits per heavy atom. The van der Waals surface area contributed by atoms with E-state index < -0.39 is 14.9 Å². The van der Waals surface area contributed by atoms with Crippen molar-refractivity contribution in [1.29, 1.82) is 0 Å². The van der Waals surface area contributed by atoms with Gasteiger partial charge in [-0.3, -0.25) is 10.1 Å². The molecule has 0 aliphatic heterocycles. The normalized spacial score (nSPS) is 12.0. The molecular weight excluding hydrogens is 330 g/mol. The van der Waals surface area contributed by atoms with Gasteiger partial charge in [-0.1, -0.05) is 17.7 Å². The van der Waals surface area contributed by atoms with Gasteiger partial charge in [-0.15, -0.1) is 4.40 Å². The number of nitro benzene ring substituents is 1. The first-order chi connectivity index (χ1) is 11.2. The maximum Gasteiger partial charge on any atom is 0.284 e. The van der Waals surface area contributed by atoms with Crippen LogP contribution in [0.15, 0.2) is 57.8 Å². The van der Waals surface area contributed by atoms with E-state index in [0.717, 1.165) is 5.56 Å². The predicted octanol–water partition coefficient (Wildman–Crippen LogP) is 2.60. The summed E-state index contributed by atoms with van der Waals surface area (Å²) in [4.78, 5) is 11.9. The van der Waals surface area contributed by atoms with Crippen molar-refractivity contribution in [3.8, 4) is 0 Å². The molecule has 0 saturated carbocycles. The number of hydrogen-bond donors (Lipinski definition) is 0. The molecule has 2 aromatic rings. The summed E-state index contributed by atoms with van der Waals surface area (Å²) in [5.74, 6) is 0.200. The molecule has 8 heteroatoms. The van der Waals surface area contributed by atoms with Crippen LogP contribution >= 0.6 is 0 Å². The first-order valence-electron chi connectivity index (χ1n) is 7.04. The minimum Gasteiger partial charge on any atom is -0.362 e. The minimum atomic E-state index is -3.88. The number of hydrogen-bond acceptors (Lipinski definition) is 4. The van der Waals surface area contributed by atoms with Crippen LogP contribution < -0.4 is 0 Å². The third kappa shape index (κ3) is 3.96. The smallest absolute Gasteiger partial charge is 0.284 e. The van der Waals surface area contributed by atoms with E-state index in [2.05, 4.69) is 4.40 Å². The van der Waals surface area contributed by atoms with E-state index in [4.69, 9.17) is 0 Å². The van der Waals surface area contributed by atoms with Gasteiger partial charge in [0.1, 0.15) is 5.84 Å². The Morgan fingerprint density at radius 3 is 2.04 bits per heavy atom. The van der Waals surface area contributed by atoms with Gasteiger partial charge in [-0.2, -0.15) is 8.42 Å². The standard InChI is InChI=1S/C16H17N3O4S/c1-12-4-10-15(11-5-12)24(22,23)17-16(18(2)3)13-6-8-14(9-7-13)19(20)21/h4-11H,1-3H3/b17-16-. The van der Waals surface area contributed by atoms with E-state index in [1.165, 1.54) is 36.4 Å². The van der Waals surface area contributed by atoms with Crippen LogP contribution in [0.1, 0.15) is 11.1 Å². The molecule has 0 aromatic heterocycles. The van der Waals surface area contributed by atoms with Crippen molar-refractivity contribution in [3.05, 3.63) is 69.8 Å². The molecule has 2 aromatic carbocycles. The maximum absolute atomic E-state index is 12.5. The van der Waals surface area contributed by atoms with Crippen LogP contribution in [0.2, 0.25) is 0 Å². The van der Waals surface area contributed by atoms with Gasteiger partial charge in [0.2, 0.25) is 0 Å². The molecule has 24 heavy (non-hydrogen) atoms. The molecule has 0 N–H and O–H groups in total. The van der Waals surface area contributed by atoms with E-state index in [9.17, 15) is 18.5 Å². The van der Waals surface area contributed by atoms with E-state index in [0.29, 0.717) is 5.56 Å². The summed E-state index contributed by atoms with van der Waals surface area (Å²) in [7, 11) is -0.568. The van der Waals surface area contributed by atoms with Gasteiger partial charge in [0.05, 0.1) is 9.82 Å². The Kier molecular flexibility index (Phi) is 4.99. The first kappa shape index (κ1) is 17.6. The van der Waals surface area contributed by atoms with Gasteiger partial charge >= 0.3 is 0 Å². The number of aryl methyl sites for hydroxylation is 1. The zero-order chi connectivity index (χ0) is 17.9. The number of amidine groups is 1. The van der Waals surface area contributed by atoms with Crippen molar-refractivity contribution in [2.24, 2.45) is 4.40 Å². The molecule has 0 atom stereocenters. The molecule has 0 aliphatic rings. The fourth-order valence-corrected chi connectivity index (χ4v) is 3.08. The summed E-state index contributed by atoms with van der Waals surface area (Å²) >= 11 is 0. The van der Waals surface area contributed by atoms with Gasteiger partial charge in [0.15, 0.2) is 0 Å². The summed E-state index contributed by atoms with van der Waals surface area (Å²) in [5.41, 5.74) is 1.35. The summed E-state index contributed by atoms with van der Waals surface area (Å²) in [5, 5.41) is 10.7. The molecule has 7 nitrogen and oxygen atoms in total. The molecule has 2 rings (SSSR count). The molecule has 0 bridgehead atoms. The number of sulfonamides is 1. The molecule has 0 unspecified atom stereocenters. The molecule has 126 valence electrons. The third-order valence-corrected chi connectivity index (χ3v) is 4.57. The van der Waals surface area contributed by atoms with Crippen LogP contribution in [0.25, 0.3) is 0 Å². The fraction of sp³-hybridized carbons (Fsp3) is 0.188. The van der Waals surface area contributed by atoms with Crippen LogP contribution in [-0.2, 0) is 10.0 Å². The molecule has 0 radical (unpaired) electrons. The van der Waals surface area contributed by atoms with Crippen LogP contribution in [0.3, 0.4) is 0 Å². The lowest BCUT2D eigenvalue weighted by atomic mass is 10.2. The minimum absolute atomic E-state index is 0.0711. The maximum atomic E-state index is 12.5. The third-order valence-electron chi connectivity index (χ3n) is 3.29. The van der Waals surface area contributed by atoms with E-state index in [-0.39, 0.29) is 16.4 Å². The van der Waals surface area contributed by atoms with Crippen molar-refractivity contribution in [3.63, 3.8) is 0 Å². The van der Waals surface area contributed by atoms with Gasteiger partial charge in [-0.05, 0) is 31.2 Å². The Labute approximate surface area is 140 Å². The Hall–Kier alpha value is -2.74. The van der Waals surface area contributed by atoms with Gasteiger partial charge in [-0.25, -0.2) is 0 Å². The SMILES string of the molecule is Cc1ccc(S(=O)(=O)/N=C(/c2ccc([N+](=O)[O-])cc2)N(C)C)cc1. The van der Waals surface area contributed by atoms with Crippen LogP contribution in [0.4, 0.5) is 5.69 Å². The summed E-state index contributed by atoms with van der Waals surface area (Å²) in [6.07, 6.45) is 0. The molecule has 0 amide bonds. The second-order valence-corrected chi connectivity index (χ2v) is 7.01. The van der Waals surface area contributed by atoms with Crippen molar-refractivity contribution in [2.45, 2.75) is 11.8 Å². The van der Waals surface area contributed by atoms with E-state index in [1.54, 1.807) is 31.1 Å². The average Bonchev–Trinajstić information content (AvgIpc) is 2.53. The van der Waals surface area contributed by atoms with Crippen LogP contribution in [-0.4, -0.2) is 38.2 Å². The number of benzene rings is 2. The fourth-order valence-electron chi connectivity index (χ4n) is 2.00. The van der Waals surface area contributed by atoms with Crippen molar-refractivity contribution < 1.29 is 13.3 Å². The topological polar surface area (TPSA) is 92.9 Å². The largest absolute Gasteiger partial charge is 0.362 e. The number of rotatable bonds is 4. The number of nitro groups is 1. The van der Waals surface area contributed by atoms with Gasteiger partial charge in [0.25, 0.3) is 15.7 Å². The van der Waals surface area contributed by atoms with E-state index >= 15 is 0 Å². The molecule has 0 spiro atoms. The molecule has 0 aliphatic carbocycles. The highest BCUT2D eigenvalue weighted by atomic mass is 32.2. The average molecular weight is 347 g/mol. The van der Waals surface area contributed by atoms with Crippen molar-refractivity contribution in [1.82, 2.24) is 4.90 Å². The summed E-state index contributed by atoms with van der Waals surface area (Å²) < 4.78 is 28.9. The lowest BCUT2D eigenvalue weighted by Gasteiger charge is -2.15. The van der Waals surface area contributed by atoms with Gasteiger partial charge in [0, 0.05) is 31.8 Å². The van der Waals surface area contributed by atoms with Crippen molar-refractivity contribution in [2.75, 3.05) is 14.1 Å². The van der Waals surface area contributed by atoms with E-state index in [1.807, 2.05) is 6.92 Å². The Bertz CT molecular complexity index is 871. The molecule has 0 heterocycles. The quantitative estimate of drug-likeness (QED) is 0.367. The zero-order valence-electron chi connectivity index (χ0n) is 13.5. The number of non-ortho nitro benzene ring substituents is 1. The highest BCUT2D eigenvalue weighted by molar-refractivity contribution is 7.90. The predicted molar refractivity (Wildman–Crippen MR) is 91.7 cm³/mol. The first-order valence-corrected chi connectivity index (χ1v) is 8.48. The highest BCUT2D eigenvalue weighted by Crippen LogP contribution is 2.17. The lowest BCUT2D eigenvalue weighted by molar-refractivity contribution is -0.384. The van der Waals surface area contributed by atoms with Crippen molar-refractivity contribution >= 4 is 21.5 Å². The highest BCUT2D eigenvalue weighted by Gasteiger charge is 2.17. The summed E-state index contributed by atoms with van der Waals surface area (Å²) in [6, 6.07) is 12.0. The molecule has 0 fully saturated rings. The second-order valence-electron chi connectivity index (χ2n) is 5.40. The number of nitrogens with zero attached hydrogens (tertiary/aromatic N) is 3. The molecule has 0 saturated heterocycles. The zero-order valence-corrected chi connectivity index (χ0v) is 14.3.